The second kappa shape index (κ2) is 5.52. The summed E-state index contributed by atoms with van der Waals surface area (Å²) in [6.07, 6.45) is -19.6. The average Bonchev–Trinajstić information content (AvgIpc) is 2.10. The summed E-state index contributed by atoms with van der Waals surface area (Å²) in [6, 6.07) is 0. The van der Waals surface area contributed by atoms with Gasteiger partial charge in [0.2, 0.25) is 0 Å². The molecule has 0 aromatic heterocycles. The highest BCUT2D eigenvalue weighted by Gasteiger charge is 2.59. The van der Waals surface area contributed by atoms with Gasteiger partial charge in [0.1, 0.15) is 0 Å². The molecule has 0 spiro atoms. The van der Waals surface area contributed by atoms with Crippen LogP contribution in [-0.2, 0) is 14.3 Å². The monoisotopic (exact) mass is 272 g/mol. The topological polar surface area (TPSA) is 35.5 Å². The molecule has 0 aliphatic rings. The van der Waals surface area contributed by atoms with E-state index in [-0.39, 0.29) is 0 Å². The maximum Gasteiger partial charge on any atom is 0.423 e. The zero-order valence-electron chi connectivity index (χ0n) is 8.23. The number of carbonyl (C=O) groups excluding carboxylic acids is 1. The molecular formula is C7H7F7O3. The van der Waals surface area contributed by atoms with E-state index in [1.54, 1.807) is 0 Å². The number of ether oxygens (including phenoxy) is 2. The molecule has 0 fully saturated rings. The molecule has 0 bridgehead atoms. The lowest BCUT2D eigenvalue weighted by Gasteiger charge is -2.23. The molecule has 0 aliphatic heterocycles. The van der Waals surface area contributed by atoms with Crippen molar-refractivity contribution < 1.29 is 45.0 Å². The number of alkyl halides is 7. The zero-order chi connectivity index (χ0) is 13.9. The molecule has 102 valence electrons. The van der Waals surface area contributed by atoms with E-state index in [0.717, 1.165) is 0 Å². The van der Waals surface area contributed by atoms with Gasteiger partial charge in [-0.25, -0.2) is 9.18 Å². The third-order valence-corrected chi connectivity index (χ3v) is 1.32. The Morgan fingerprint density at radius 1 is 1.12 bits per heavy atom. The second-order valence-electron chi connectivity index (χ2n) is 2.67. The van der Waals surface area contributed by atoms with Crippen molar-refractivity contribution in [2.45, 2.75) is 31.7 Å². The summed E-state index contributed by atoms with van der Waals surface area (Å²) < 4.78 is 90.6. The van der Waals surface area contributed by atoms with Crippen molar-refractivity contribution in [3.8, 4) is 0 Å². The number of hydrogen-bond donors (Lipinski definition) is 0. The van der Waals surface area contributed by atoms with Crippen LogP contribution in [0.3, 0.4) is 0 Å². The van der Waals surface area contributed by atoms with Gasteiger partial charge in [0.05, 0.1) is 6.61 Å². The van der Waals surface area contributed by atoms with Gasteiger partial charge in [0, 0.05) is 0 Å². The molecule has 0 rings (SSSR count). The number of esters is 1. The number of hydrogen-bond acceptors (Lipinski definition) is 3. The molecule has 0 radical (unpaired) electrons. The van der Waals surface area contributed by atoms with E-state index in [4.69, 9.17) is 0 Å². The van der Waals surface area contributed by atoms with Gasteiger partial charge < -0.3 is 9.47 Å². The smallest absolute Gasteiger partial charge is 0.423 e. The van der Waals surface area contributed by atoms with Crippen molar-refractivity contribution in [1.82, 2.24) is 0 Å². The molecule has 0 aromatic carbocycles. The molecular weight excluding hydrogens is 265 g/mol. The van der Waals surface area contributed by atoms with Crippen LogP contribution in [0, 0.1) is 0 Å². The van der Waals surface area contributed by atoms with Crippen LogP contribution < -0.4 is 0 Å². The lowest BCUT2D eigenvalue weighted by atomic mass is 10.3. The lowest BCUT2D eigenvalue weighted by molar-refractivity contribution is -0.338. The maximum absolute atomic E-state index is 12.6. The van der Waals surface area contributed by atoms with Crippen LogP contribution in [0.5, 0.6) is 0 Å². The minimum Gasteiger partial charge on any atom is -0.462 e. The minimum absolute atomic E-state index is 0.411. The highest BCUT2D eigenvalue weighted by Crippen LogP contribution is 2.36. The van der Waals surface area contributed by atoms with Crippen molar-refractivity contribution in [3.63, 3.8) is 0 Å². The van der Waals surface area contributed by atoms with Gasteiger partial charge in [0.25, 0.3) is 12.5 Å². The highest BCUT2D eigenvalue weighted by molar-refractivity contribution is 5.72. The van der Waals surface area contributed by atoms with Crippen LogP contribution >= 0.6 is 0 Å². The van der Waals surface area contributed by atoms with Crippen LogP contribution in [0.1, 0.15) is 6.92 Å². The van der Waals surface area contributed by atoms with E-state index in [2.05, 4.69) is 9.47 Å². The molecule has 0 saturated heterocycles. The summed E-state index contributed by atoms with van der Waals surface area (Å²) in [5.41, 5.74) is 0. The summed E-state index contributed by atoms with van der Waals surface area (Å²) in [5.74, 6) is -1.95. The molecule has 10 heteroatoms. The second-order valence-corrected chi connectivity index (χ2v) is 2.67. The van der Waals surface area contributed by atoms with Gasteiger partial charge in [-0.2, -0.15) is 26.3 Å². The summed E-state index contributed by atoms with van der Waals surface area (Å²) in [6.45, 7) is 0.779. The summed E-state index contributed by atoms with van der Waals surface area (Å²) in [5, 5.41) is 0. The Balaban J connectivity index is 4.73. The molecule has 0 heterocycles. The van der Waals surface area contributed by atoms with Crippen molar-refractivity contribution >= 4 is 5.97 Å². The van der Waals surface area contributed by atoms with E-state index in [1.165, 1.54) is 6.92 Å². The predicted molar refractivity (Wildman–Crippen MR) is 38.5 cm³/mol. The minimum atomic E-state index is -5.88. The van der Waals surface area contributed by atoms with Crippen LogP contribution in [0.15, 0.2) is 0 Å². The Bertz CT molecular complexity index is 245. The van der Waals surface area contributed by atoms with E-state index in [1.807, 2.05) is 0 Å². The highest BCUT2D eigenvalue weighted by atomic mass is 19.4. The molecule has 0 amide bonds. The van der Waals surface area contributed by atoms with Crippen molar-refractivity contribution in [3.05, 3.63) is 0 Å². The first-order valence-electron chi connectivity index (χ1n) is 4.09. The van der Waals surface area contributed by atoms with E-state index < -0.39 is 37.4 Å². The largest absolute Gasteiger partial charge is 0.462 e. The Kier molecular flexibility index (Phi) is 5.17. The summed E-state index contributed by atoms with van der Waals surface area (Å²) >= 11 is 0. The molecule has 0 saturated carbocycles. The van der Waals surface area contributed by atoms with Crippen molar-refractivity contribution in [2.24, 2.45) is 0 Å². The third-order valence-electron chi connectivity index (χ3n) is 1.32. The Hall–Kier alpha value is -1.06. The Morgan fingerprint density at radius 3 is 1.82 bits per heavy atom. The molecule has 3 nitrogen and oxygen atoms in total. The molecule has 0 aliphatic carbocycles. The molecule has 0 aromatic rings. The molecule has 0 N–H and O–H groups in total. The summed E-state index contributed by atoms with van der Waals surface area (Å²) in [4.78, 5) is 10.5. The van der Waals surface area contributed by atoms with Gasteiger partial charge in [-0.1, -0.05) is 0 Å². The Labute approximate surface area is 90.5 Å². The lowest BCUT2D eigenvalue weighted by Crippen LogP contribution is -2.47. The van der Waals surface area contributed by atoms with Gasteiger partial charge in [0.15, 0.2) is 0 Å². The average molecular weight is 272 g/mol. The van der Waals surface area contributed by atoms with Crippen molar-refractivity contribution in [1.29, 1.82) is 0 Å². The maximum atomic E-state index is 12.6. The van der Waals surface area contributed by atoms with E-state index in [0.29, 0.717) is 0 Å². The fourth-order valence-electron chi connectivity index (χ4n) is 0.723. The summed E-state index contributed by atoms with van der Waals surface area (Å²) in [7, 11) is 0. The Morgan fingerprint density at radius 2 is 1.53 bits per heavy atom. The standard InChI is InChI=1S/C7H7F7O3/c1-2-16-4(15)3(8)17-5(6(9,10)11)7(12,13)14/h3,5H,2H2,1H3. The molecule has 1 unspecified atom stereocenters. The van der Waals surface area contributed by atoms with Crippen LogP contribution in [0.25, 0.3) is 0 Å². The van der Waals surface area contributed by atoms with E-state index in [9.17, 15) is 35.5 Å². The van der Waals surface area contributed by atoms with Crippen LogP contribution in [0.4, 0.5) is 30.7 Å². The molecule has 1 atom stereocenters. The first-order valence-corrected chi connectivity index (χ1v) is 4.09. The van der Waals surface area contributed by atoms with Gasteiger partial charge >= 0.3 is 18.3 Å². The number of carbonyl (C=O) groups is 1. The quantitative estimate of drug-likeness (QED) is 0.582. The van der Waals surface area contributed by atoms with E-state index >= 15 is 0 Å². The van der Waals surface area contributed by atoms with Gasteiger partial charge in [-0.15, -0.1) is 0 Å². The first-order chi connectivity index (χ1) is 7.50. The predicted octanol–water partition coefficient (Wildman–Crippen LogP) is 2.35. The normalized spacial score (nSPS) is 14.9. The number of halogens is 7. The fourth-order valence-corrected chi connectivity index (χ4v) is 0.723. The van der Waals surface area contributed by atoms with Crippen LogP contribution in [-0.4, -0.2) is 37.4 Å². The van der Waals surface area contributed by atoms with Gasteiger partial charge in [-0.3, -0.25) is 0 Å². The van der Waals surface area contributed by atoms with Crippen molar-refractivity contribution in [2.75, 3.05) is 6.61 Å². The fraction of sp³-hybridized carbons (Fsp3) is 0.857. The first kappa shape index (κ1) is 15.9. The zero-order valence-corrected chi connectivity index (χ0v) is 8.23. The molecule has 17 heavy (non-hydrogen) atoms. The van der Waals surface area contributed by atoms with Gasteiger partial charge in [-0.05, 0) is 6.92 Å². The SMILES string of the molecule is CCOC(=O)C(F)OC(C(F)(F)F)C(F)(F)F. The number of rotatable bonds is 4. The van der Waals surface area contributed by atoms with Crippen LogP contribution in [0.2, 0.25) is 0 Å². The third kappa shape index (κ3) is 5.20.